The molecule has 2 aromatic carbocycles. The Morgan fingerprint density at radius 3 is 3.00 bits per heavy atom. The van der Waals surface area contributed by atoms with Crippen LogP contribution in [0, 0.1) is 0 Å². The second-order valence-corrected chi connectivity index (χ2v) is 7.77. The molecule has 0 saturated carbocycles. The Balaban J connectivity index is 1.34. The lowest BCUT2D eigenvalue weighted by molar-refractivity contribution is 0.102. The number of nitrogens with one attached hydrogen (secondary N) is 2. The third-order valence-electron chi connectivity index (χ3n) is 5.73. The Kier molecular flexibility index (Phi) is 4.48. The summed E-state index contributed by atoms with van der Waals surface area (Å²) in [6.45, 7) is 4.23. The zero-order valence-corrected chi connectivity index (χ0v) is 16.4. The fraction of sp³-hybridized carbons (Fsp3) is 0.261. The molecule has 4 aromatic rings. The molecule has 1 fully saturated rings. The molecule has 1 aliphatic rings. The molecule has 2 aromatic heterocycles. The van der Waals surface area contributed by atoms with E-state index in [0.29, 0.717) is 11.6 Å². The number of imidazole rings is 1. The van der Waals surface area contributed by atoms with Crippen LogP contribution >= 0.6 is 0 Å². The van der Waals surface area contributed by atoms with Crippen molar-refractivity contribution in [2.24, 2.45) is 0 Å². The molecule has 1 aliphatic heterocycles. The number of fused-ring (bicyclic) bond motifs is 2. The lowest BCUT2D eigenvalue weighted by Crippen LogP contribution is -2.26. The predicted molar refractivity (Wildman–Crippen MR) is 115 cm³/mol. The van der Waals surface area contributed by atoms with Crippen molar-refractivity contribution >= 4 is 33.4 Å². The maximum Gasteiger partial charge on any atom is 0.255 e. The van der Waals surface area contributed by atoms with Gasteiger partial charge < -0.3 is 10.3 Å². The van der Waals surface area contributed by atoms with Crippen molar-refractivity contribution in [1.82, 2.24) is 19.9 Å². The van der Waals surface area contributed by atoms with Gasteiger partial charge in [0.1, 0.15) is 5.82 Å². The molecule has 2 N–H and O–H groups in total. The maximum atomic E-state index is 12.7. The van der Waals surface area contributed by atoms with Gasteiger partial charge in [-0.1, -0.05) is 6.07 Å². The molecule has 1 amide bonds. The van der Waals surface area contributed by atoms with E-state index in [1.54, 1.807) is 12.4 Å². The van der Waals surface area contributed by atoms with Gasteiger partial charge in [0.15, 0.2) is 0 Å². The average molecular weight is 385 g/mol. The molecule has 0 unspecified atom stereocenters. The number of H-pyrrole nitrogens is 1. The minimum atomic E-state index is -0.131. The van der Waals surface area contributed by atoms with Gasteiger partial charge in [-0.05, 0) is 68.1 Å². The summed E-state index contributed by atoms with van der Waals surface area (Å²) in [5, 5.41) is 5.01. The number of anilines is 1. The van der Waals surface area contributed by atoms with Gasteiger partial charge in [0.05, 0.1) is 17.6 Å². The summed E-state index contributed by atoms with van der Waals surface area (Å²) >= 11 is 0. The Labute approximate surface area is 169 Å². The summed E-state index contributed by atoms with van der Waals surface area (Å²) in [7, 11) is 0. The summed E-state index contributed by atoms with van der Waals surface area (Å²) in [5.41, 5.74) is 3.23. The maximum absolute atomic E-state index is 12.7. The predicted octanol–water partition coefficient (Wildman–Crippen LogP) is 4.35. The van der Waals surface area contributed by atoms with Crippen molar-refractivity contribution in [3.63, 3.8) is 0 Å². The molecule has 1 atom stereocenters. The van der Waals surface area contributed by atoms with Crippen molar-refractivity contribution in [1.29, 1.82) is 0 Å². The highest BCUT2D eigenvalue weighted by molar-refractivity contribution is 6.06. The number of amides is 1. The first-order valence-corrected chi connectivity index (χ1v) is 10.0. The molecule has 29 heavy (non-hydrogen) atoms. The number of carbonyl (C=O) groups is 1. The summed E-state index contributed by atoms with van der Waals surface area (Å²) in [6, 6.07) is 13.9. The SMILES string of the molecule is C[C@@H]1CCCN1Cc1nc2ccc(NC(=O)c3ccc4cnccc4c3)cc2[nH]1. The van der Waals surface area contributed by atoms with Gasteiger partial charge in [-0.2, -0.15) is 0 Å². The highest BCUT2D eigenvalue weighted by atomic mass is 16.1. The van der Waals surface area contributed by atoms with Gasteiger partial charge >= 0.3 is 0 Å². The number of rotatable bonds is 4. The van der Waals surface area contributed by atoms with Crippen molar-refractivity contribution in [2.75, 3.05) is 11.9 Å². The Morgan fingerprint density at radius 1 is 1.21 bits per heavy atom. The number of aromatic nitrogens is 3. The Hall–Kier alpha value is -3.25. The fourth-order valence-electron chi connectivity index (χ4n) is 4.06. The number of aromatic amines is 1. The van der Waals surface area contributed by atoms with E-state index in [4.69, 9.17) is 4.98 Å². The second-order valence-electron chi connectivity index (χ2n) is 7.77. The molecule has 0 aliphatic carbocycles. The summed E-state index contributed by atoms with van der Waals surface area (Å²) < 4.78 is 0. The summed E-state index contributed by atoms with van der Waals surface area (Å²) in [5.74, 6) is 0.842. The molecule has 5 rings (SSSR count). The van der Waals surface area contributed by atoms with Crippen LogP contribution in [0.5, 0.6) is 0 Å². The van der Waals surface area contributed by atoms with E-state index in [0.717, 1.165) is 46.4 Å². The van der Waals surface area contributed by atoms with Crippen molar-refractivity contribution in [2.45, 2.75) is 32.4 Å². The Bertz CT molecular complexity index is 1200. The first-order valence-electron chi connectivity index (χ1n) is 10.0. The second kappa shape index (κ2) is 7.29. The number of benzene rings is 2. The number of hydrogen-bond acceptors (Lipinski definition) is 4. The van der Waals surface area contributed by atoms with E-state index >= 15 is 0 Å². The molecule has 0 spiro atoms. The van der Waals surface area contributed by atoms with E-state index in [1.165, 1.54) is 12.8 Å². The van der Waals surface area contributed by atoms with E-state index in [-0.39, 0.29) is 5.91 Å². The lowest BCUT2D eigenvalue weighted by atomic mass is 10.1. The molecule has 3 heterocycles. The minimum Gasteiger partial charge on any atom is -0.341 e. The molecular weight excluding hydrogens is 362 g/mol. The highest BCUT2D eigenvalue weighted by Gasteiger charge is 2.21. The quantitative estimate of drug-likeness (QED) is 0.548. The fourth-order valence-corrected chi connectivity index (χ4v) is 4.06. The van der Waals surface area contributed by atoms with E-state index in [9.17, 15) is 4.79 Å². The van der Waals surface area contributed by atoms with Crippen LogP contribution in [0.1, 0.15) is 35.9 Å². The minimum absolute atomic E-state index is 0.131. The molecular formula is C23H23N5O. The molecule has 6 heteroatoms. The number of nitrogens with zero attached hydrogens (tertiary/aromatic N) is 3. The van der Waals surface area contributed by atoms with Crippen LogP contribution in [0.3, 0.4) is 0 Å². The van der Waals surface area contributed by atoms with Gasteiger partial charge in [0.2, 0.25) is 0 Å². The molecule has 1 saturated heterocycles. The van der Waals surface area contributed by atoms with Crippen LogP contribution in [-0.4, -0.2) is 38.3 Å². The monoisotopic (exact) mass is 385 g/mol. The zero-order chi connectivity index (χ0) is 19.8. The van der Waals surface area contributed by atoms with Gasteiger partial charge in [-0.15, -0.1) is 0 Å². The van der Waals surface area contributed by atoms with Crippen molar-refractivity contribution < 1.29 is 4.79 Å². The topological polar surface area (TPSA) is 73.9 Å². The molecule has 146 valence electrons. The molecule has 0 bridgehead atoms. The standard InChI is InChI=1S/C23H23N5O/c1-15-3-2-10-28(15)14-22-26-20-7-6-19(12-21(20)27-22)25-23(29)17-4-5-18-13-24-9-8-16(18)11-17/h4-9,11-13,15H,2-3,10,14H2,1H3,(H,25,29)(H,26,27)/t15-/m1/s1. The number of hydrogen-bond donors (Lipinski definition) is 2. The van der Waals surface area contributed by atoms with Crippen LogP contribution in [0.2, 0.25) is 0 Å². The normalized spacial score (nSPS) is 17.2. The van der Waals surface area contributed by atoms with Gasteiger partial charge in [-0.3, -0.25) is 14.7 Å². The number of pyridine rings is 1. The van der Waals surface area contributed by atoms with Crippen LogP contribution in [-0.2, 0) is 6.54 Å². The smallest absolute Gasteiger partial charge is 0.255 e. The van der Waals surface area contributed by atoms with Crippen molar-refractivity contribution in [3.8, 4) is 0 Å². The molecule has 6 nitrogen and oxygen atoms in total. The van der Waals surface area contributed by atoms with E-state index in [1.807, 2.05) is 42.5 Å². The van der Waals surface area contributed by atoms with Crippen LogP contribution in [0.15, 0.2) is 54.9 Å². The largest absolute Gasteiger partial charge is 0.341 e. The van der Waals surface area contributed by atoms with Gasteiger partial charge in [0.25, 0.3) is 5.91 Å². The van der Waals surface area contributed by atoms with E-state index < -0.39 is 0 Å². The lowest BCUT2D eigenvalue weighted by Gasteiger charge is -2.19. The number of likely N-dealkylation sites (tertiary alicyclic amines) is 1. The molecule has 0 radical (unpaired) electrons. The highest BCUT2D eigenvalue weighted by Crippen LogP contribution is 2.22. The first-order chi connectivity index (χ1) is 14.2. The summed E-state index contributed by atoms with van der Waals surface area (Å²) in [6.07, 6.45) is 6.03. The van der Waals surface area contributed by atoms with Crippen LogP contribution in [0.4, 0.5) is 5.69 Å². The Morgan fingerprint density at radius 2 is 2.14 bits per heavy atom. The van der Waals surface area contributed by atoms with Crippen LogP contribution in [0.25, 0.3) is 21.8 Å². The third-order valence-corrected chi connectivity index (χ3v) is 5.73. The number of carbonyl (C=O) groups excluding carboxylic acids is 1. The van der Waals surface area contributed by atoms with E-state index in [2.05, 4.69) is 27.1 Å². The van der Waals surface area contributed by atoms with Crippen molar-refractivity contribution in [3.05, 3.63) is 66.2 Å². The first kappa shape index (κ1) is 17.8. The third kappa shape index (κ3) is 3.59. The van der Waals surface area contributed by atoms with Crippen LogP contribution < -0.4 is 5.32 Å². The zero-order valence-electron chi connectivity index (χ0n) is 16.4. The van der Waals surface area contributed by atoms with Gasteiger partial charge in [0, 0.05) is 35.1 Å². The summed E-state index contributed by atoms with van der Waals surface area (Å²) in [4.78, 5) is 27.4. The van der Waals surface area contributed by atoms with Gasteiger partial charge in [-0.25, -0.2) is 4.98 Å². The average Bonchev–Trinajstić information content (AvgIpc) is 3.33.